The van der Waals surface area contributed by atoms with Crippen LogP contribution in [0.2, 0.25) is 0 Å². The van der Waals surface area contributed by atoms with E-state index in [0.29, 0.717) is 23.9 Å². The number of nitrogens with two attached hydrogens (primary N) is 1. The Morgan fingerprint density at radius 1 is 1.24 bits per heavy atom. The minimum Gasteiger partial charge on any atom is -0.382 e. The fourth-order valence-electron chi connectivity index (χ4n) is 4.36. The maximum Gasteiger partial charge on any atom is 0.251 e. The largest absolute Gasteiger partial charge is 0.382 e. The van der Waals surface area contributed by atoms with Crippen LogP contribution in [0, 0.1) is 9.49 Å². The van der Waals surface area contributed by atoms with Gasteiger partial charge in [-0.1, -0.05) is 18.2 Å². The first kappa shape index (κ1) is 18.8. The Hall–Kier alpha value is -2.20. The van der Waals surface area contributed by atoms with Gasteiger partial charge in [-0.15, -0.1) is 0 Å². The Labute approximate surface area is 182 Å². The molecule has 1 aliphatic heterocycles. The molecule has 150 valence electrons. The molecule has 5 rings (SSSR count). The molecule has 0 spiro atoms. The van der Waals surface area contributed by atoms with Crippen LogP contribution in [0.4, 0.5) is 5.82 Å². The number of rotatable bonds is 4. The predicted molar refractivity (Wildman–Crippen MR) is 118 cm³/mol. The Bertz CT molecular complexity index is 1050. The third kappa shape index (κ3) is 3.48. The molecule has 29 heavy (non-hydrogen) atoms. The number of halogens is 1. The van der Waals surface area contributed by atoms with Crippen LogP contribution >= 0.6 is 22.6 Å². The van der Waals surface area contributed by atoms with Crippen LogP contribution < -0.4 is 11.1 Å². The summed E-state index contributed by atoms with van der Waals surface area (Å²) in [6.07, 6.45) is 4.64. The van der Waals surface area contributed by atoms with Crippen LogP contribution in [-0.4, -0.2) is 39.3 Å². The Kier molecular flexibility index (Phi) is 4.91. The molecule has 1 saturated carbocycles. The molecule has 8 heteroatoms. The first-order valence-corrected chi connectivity index (χ1v) is 11.0. The molecule has 3 heterocycles. The minimum absolute atomic E-state index is 0.00854. The van der Waals surface area contributed by atoms with Gasteiger partial charge in [0.25, 0.3) is 5.91 Å². The van der Waals surface area contributed by atoms with Crippen molar-refractivity contribution in [2.24, 2.45) is 5.92 Å². The number of carbonyl (C=O) groups is 1. The molecule has 1 aliphatic carbocycles. The molecule has 2 fully saturated rings. The van der Waals surface area contributed by atoms with Crippen LogP contribution in [0.1, 0.15) is 41.2 Å². The van der Waals surface area contributed by atoms with Gasteiger partial charge in [-0.2, -0.15) is 5.10 Å². The number of carbonyl (C=O) groups excluding carboxylic acids is 1. The summed E-state index contributed by atoms with van der Waals surface area (Å²) in [5, 5.41) is 7.75. The summed E-state index contributed by atoms with van der Waals surface area (Å²) < 4.78 is 9.11. The average Bonchev–Trinajstić information content (AvgIpc) is 3.52. The number of fused-ring (bicyclic) bond motifs is 1. The highest BCUT2D eigenvalue weighted by Gasteiger charge is 2.46. The van der Waals surface area contributed by atoms with Gasteiger partial charge >= 0.3 is 0 Å². The van der Waals surface area contributed by atoms with Gasteiger partial charge in [0.2, 0.25) is 0 Å². The summed E-state index contributed by atoms with van der Waals surface area (Å²) in [5.74, 6) is 0.940. The molecular weight excluding hydrogens is 481 g/mol. The van der Waals surface area contributed by atoms with Crippen LogP contribution in [0.25, 0.3) is 5.52 Å². The van der Waals surface area contributed by atoms with Crippen molar-refractivity contribution >= 4 is 39.8 Å². The van der Waals surface area contributed by atoms with E-state index in [1.54, 1.807) is 0 Å². The lowest BCUT2D eigenvalue weighted by molar-refractivity contribution is -0.0291. The highest BCUT2D eigenvalue weighted by Crippen LogP contribution is 2.45. The lowest BCUT2D eigenvalue weighted by atomic mass is 9.84. The Morgan fingerprint density at radius 2 is 2.03 bits per heavy atom. The van der Waals surface area contributed by atoms with Gasteiger partial charge in [0, 0.05) is 27.7 Å². The number of nitrogens with zero attached hydrogens (tertiary/aromatic N) is 3. The second-order valence-corrected chi connectivity index (χ2v) is 8.92. The van der Waals surface area contributed by atoms with Gasteiger partial charge in [0.15, 0.2) is 5.82 Å². The van der Waals surface area contributed by atoms with Crippen molar-refractivity contribution in [3.8, 4) is 0 Å². The minimum atomic E-state index is -0.0539. The monoisotopic (exact) mass is 503 g/mol. The van der Waals surface area contributed by atoms with Crippen molar-refractivity contribution in [3.05, 3.63) is 57.6 Å². The fraction of sp³-hybridized carbons (Fsp3) is 0.381. The molecule has 1 saturated heterocycles. The summed E-state index contributed by atoms with van der Waals surface area (Å²) in [6, 6.07) is 11.4. The SMILES string of the molecule is Nc1ncnn2c(C3C(NC(=O)c4ccccc4)CCOC3C3CC3)cc(I)c12. The quantitative estimate of drug-likeness (QED) is 0.534. The highest BCUT2D eigenvalue weighted by molar-refractivity contribution is 14.1. The molecule has 0 bridgehead atoms. The number of nitrogen functional groups attached to an aromatic ring is 1. The van der Waals surface area contributed by atoms with Gasteiger partial charge in [0.1, 0.15) is 11.8 Å². The Morgan fingerprint density at radius 3 is 2.79 bits per heavy atom. The summed E-state index contributed by atoms with van der Waals surface area (Å²) in [6.45, 7) is 0.648. The maximum absolute atomic E-state index is 12.9. The van der Waals surface area contributed by atoms with Crippen LogP contribution in [-0.2, 0) is 4.74 Å². The van der Waals surface area contributed by atoms with E-state index >= 15 is 0 Å². The van der Waals surface area contributed by atoms with Crippen molar-refractivity contribution < 1.29 is 9.53 Å². The number of benzene rings is 1. The second-order valence-electron chi connectivity index (χ2n) is 7.76. The van der Waals surface area contributed by atoms with Crippen molar-refractivity contribution in [2.75, 3.05) is 12.3 Å². The van der Waals surface area contributed by atoms with E-state index in [9.17, 15) is 4.79 Å². The molecule has 3 unspecified atom stereocenters. The van der Waals surface area contributed by atoms with Gasteiger partial charge in [-0.05, 0) is 66.0 Å². The Balaban J connectivity index is 1.54. The standard InChI is InChI=1S/C21H22IN5O2/c22-14-10-16(27-18(14)20(23)24-11-25-27)17-15(8-9-29-19(17)12-6-7-12)26-21(28)13-4-2-1-3-5-13/h1-5,10-12,15,17,19H,6-9H2,(H,26,28)(H2,23,24,25). The third-order valence-electron chi connectivity index (χ3n) is 5.87. The number of anilines is 1. The van der Waals surface area contributed by atoms with E-state index in [1.807, 2.05) is 34.8 Å². The molecule has 1 amide bonds. The highest BCUT2D eigenvalue weighted by atomic mass is 127. The van der Waals surface area contributed by atoms with Gasteiger partial charge in [0.05, 0.1) is 11.8 Å². The number of ether oxygens (including phenoxy) is 1. The molecule has 2 aliphatic rings. The molecule has 3 aromatic rings. The maximum atomic E-state index is 12.9. The summed E-state index contributed by atoms with van der Waals surface area (Å²) in [4.78, 5) is 17.0. The molecule has 2 aromatic heterocycles. The van der Waals surface area contributed by atoms with Crippen molar-refractivity contribution in [1.29, 1.82) is 0 Å². The van der Waals surface area contributed by atoms with Crippen molar-refractivity contribution in [3.63, 3.8) is 0 Å². The zero-order valence-corrected chi connectivity index (χ0v) is 18.0. The average molecular weight is 503 g/mol. The molecule has 3 N–H and O–H groups in total. The number of amides is 1. The van der Waals surface area contributed by atoms with Crippen molar-refractivity contribution in [1.82, 2.24) is 19.9 Å². The zero-order valence-electron chi connectivity index (χ0n) is 15.8. The van der Waals surface area contributed by atoms with E-state index in [4.69, 9.17) is 10.5 Å². The first-order chi connectivity index (χ1) is 14.1. The summed E-state index contributed by atoms with van der Waals surface area (Å²) >= 11 is 2.27. The predicted octanol–water partition coefficient (Wildman–Crippen LogP) is 3.00. The van der Waals surface area contributed by atoms with E-state index in [-0.39, 0.29) is 24.0 Å². The number of hydrogen-bond donors (Lipinski definition) is 2. The van der Waals surface area contributed by atoms with Crippen LogP contribution in [0.15, 0.2) is 42.7 Å². The normalized spacial score (nSPS) is 24.5. The van der Waals surface area contributed by atoms with Crippen molar-refractivity contribution in [2.45, 2.75) is 37.3 Å². The summed E-state index contributed by atoms with van der Waals surface area (Å²) in [7, 11) is 0. The molecule has 0 radical (unpaired) electrons. The van der Waals surface area contributed by atoms with E-state index in [0.717, 1.165) is 34.0 Å². The van der Waals surface area contributed by atoms with E-state index < -0.39 is 0 Å². The zero-order chi connectivity index (χ0) is 20.0. The smallest absolute Gasteiger partial charge is 0.251 e. The van der Waals surface area contributed by atoms with Gasteiger partial charge in [-0.3, -0.25) is 4.79 Å². The van der Waals surface area contributed by atoms with Crippen LogP contribution in [0.5, 0.6) is 0 Å². The molecule has 7 nitrogen and oxygen atoms in total. The topological polar surface area (TPSA) is 94.5 Å². The molecule has 1 aromatic carbocycles. The number of hydrogen-bond acceptors (Lipinski definition) is 5. The van der Waals surface area contributed by atoms with E-state index in [2.05, 4.69) is 44.1 Å². The van der Waals surface area contributed by atoms with E-state index in [1.165, 1.54) is 6.33 Å². The van der Waals surface area contributed by atoms with Gasteiger partial charge in [-0.25, -0.2) is 9.50 Å². The molecular formula is C21H22IN5O2. The first-order valence-electron chi connectivity index (χ1n) is 9.88. The summed E-state index contributed by atoms with van der Waals surface area (Å²) in [5.41, 5.74) is 8.63. The second kappa shape index (κ2) is 7.56. The lowest BCUT2D eigenvalue weighted by Gasteiger charge is -2.38. The third-order valence-corrected chi connectivity index (χ3v) is 6.69. The van der Waals surface area contributed by atoms with Gasteiger partial charge < -0.3 is 15.8 Å². The fourth-order valence-corrected chi connectivity index (χ4v) is 5.18. The number of aromatic nitrogens is 3. The number of nitrogens with one attached hydrogen (secondary N) is 1. The van der Waals surface area contributed by atoms with Crippen LogP contribution in [0.3, 0.4) is 0 Å². The molecule has 3 atom stereocenters. The lowest BCUT2D eigenvalue weighted by Crippen LogP contribution is -2.49.